The van der Waals surface area contributed by atoms with E-state index in [4.69, 9.17) is 4.74 Å². The lowest BCUT2D eigenvalue weighted by atomic mass is 9.98. The number of amides is 3. The second kappa shape index (κ2) is 17.3. The Morgan fingerprint density at radius 2 is 1.63 bits per heavy atom. The summed E-state index contributed by atoms with van der Waals surface area (Å²) in [5.41, 5.74) is 1.40. The molecule has 3 amide bonds. The number of allylic oxidation sites excluding steroid dienone is 2. The molecule has 3 rings (SSSR count). The van der Waals surface area contributed by atoms with Gasteiger partial charge in [-0.15, -0.1) is 13.2 Å². The molecule has 0 saturated carbocycles. The van der Waals surface area contributed by atoms with Crippen molar-refractivity contribution in [2.24, 2.45) is 5.92 Å². The minimum atomic E-state index is -1.22. The predicted molar refractivity (Wildman–Crippen MR) is 167 cm³/mol. The number of rotatable bonds is 17. The molecule has 2 atom stereocenters. The molecule has 0 aliphatic carbocycles. The fraction of sp³-hybridized carbons (Fsp3) is 0.294. The summed E-state index contributed by atoms with van der Waals surface area (Å²) < 4.78 is 5.31. The van der Waals surface area contributed by atoms with Gasteiger partial charge in [-0.3, -0.25) is 19.2 Å². The summed E-state index contributed by atoms with van der Waals surface area (Å²) in [6.07, 6.45) is 3.63. The summed E-state index contributed by atoms with van der Waals surface area (Å²) in [5.74, 6) is -2.83. The fourth-order valence-electron chi connectivity index (χ4n) is 4.48. The van der Waals surface area contributed by atoms with Crippen molar-refractivity contribution < 1.29 is 29.0 Å². The van der Waals surface area contributed by atoms with Gasteiger partial charge in [-0.05, 0) is 41.3 Å². The van der Waals surface area contributed by atoms with Gasteiger partial charge in [0.2, 0.25) is 11.8 Å². The third-order valence-corrected chi connectivity index (χ3v) is 6.80. The number of hydrogen-bond acceptors (Lipinski definition) is 6. The number of nitrogens with zero attached hydrogens (tertiary/aromatic N) is 1. The zero-order valence-electron chi connectivity index (χ0n) is 24.2. The highest BCUT2D eigenvalue weighted by Crippen LogP contribution is 2.20. The molecule has 0 aliphatic rings. The first kappa shape index (κ1) is 32.8. The highest BCUT2D eigenvalue weighted by atomic mass is 16.5. The second-order valence-corrected chi connectivity index (χ2v) is 10.1. The van der Waals surface area contributed by atoms with Crippen LogP contribution in [0.2, 0.25) is 0 Å². The van der Waals surface area contributed by atoms with E-state index in [0.29, 0.717) is 12.1 Å². The molecule has 3 aromatic carbocycles. The molecule has 3 aromatic rings. The van der Waals surface area contributed by atoms with Crippen molar-refractivity contribution >= 4 is 40.2 Å². The first-order valence-electron chi connectivity index (χ1n) is 14.2. The number of carbonyl (C=O) groups excluding carboxylic acids is 4. The number of aliphatic hydroxyl groups excluding tert-OH is 1. The van der Waals surface area contributed by atoms with Crippen LogP contribution in [0.5, 0.6) is 0 Å². The quantitative estimate of drug-likeness (QED) is 0.160. The number of aliphatic hydroxyl groups is 1. The van der Waals surface area contributed by atoms with E-state index in [2.05, 4.69) is 23.8 Å². The molecule has 9 nitrogen and oxygen atoms in total. The van der Waals surface area contributed by atoms with E-state index in [1.165, 1.54) is 11.0 Å². The first-order valence-corrected chi connectivity index (χ1v) is 14.2. The number of esters is 1. The summed E-state index contributed by atoms with van der Waals surface area (Å²) in [6.45, 7) is 7.07. The number of fused-ring (bicyclic) bond motifs is 1. The number of nitrogens with one attached hydrogen (secondary N) is 2. The minimum Gasteiger partial charge on any atom is -0.463 e. The van der Waals surface area contributed by atoms with Gasteiger partial charge >= 0.3 is 5.97 Å². The Morgan fingerprint density at radius 1 is 0.907 bits per heavy atom. The molecule has 0 radical (unpaired) electrons. The second-order valence-electron chi connectivity index (χ2n) is 10.1. The summed E-state index contributed by atoms with van der Waals surface area (Å²) in [6, 6.07) is 21.2. The highest BCUT2D eigenvalue weighted by Gasteiger charge is 2.29. The molecule has 0 fully saturated rings. The molecule has 226 valence electrons. The monoisotopic (exact) mass is 585 g/mol. The van der Waals surface area contributed by atoms with E-state index in [1.54, 1.807) is 12.1 Å². The normalized spacial score (nSPS) is 12.0. The number of benzene rings is 3. The Labute approximate surface area is 252 Å². The Kier molecular flexibility index (Phi) is 13.1. The van der Waals surface area contributed by atoms with Crippen LogP contribution >= 0.6 is 0 Å². The van der Waals surface area contributed by atoms with Crippen molar-refractivity contribution in [3.05, 3.63) is 104 Å². The molecule has 0 aliphatic heterocycles. The van der Waals surface area contributed by atoms with E-state index in [9.17, 15) is 24.3 Å². The van der Waals surface area contributed by atoms with E-state index in [1.807, 2.05) is 66.7 Å². The average molecular weight is 586 g/mol. The van der Waals surface area contributed by atoms with E-state index < -0.39 is 29.7 Å². The Bertz CT molecular complexity index is 1410. The minimum absolute atomic E-state index is 0.0894. The van der Waals surface area contributed by atoms with Crippen LogP contribution in [0.15, 0.2) is 98.1 Å². The van der Waals surface area contributed by atoms with E-state index in [-0.39, 0.29) is 51.5 Å². The molecule has 9 heteroatoms. The number of hydrogen-bond donors (Lipinski definition) is 3. The lowest BCUT2D eigenvalue weighted by Gasteiger charge is -2.25. The molecular formula is C34H39N3O6. The lowest BCUT2D eigenvalue weighted by Crippen LogP contribution is -2.49. The topological polar surface area (TPSA) is 125 Å². The summed E-state index contributed by atoms with van der Waals surface area (Å²) in [5, 5.41) is 16.9. The van der Waals surface area contributed by atoms with Crippen molar-refractivity contribution in [2.45, 2.75) is 38.3 Å². The SMILES string of the molecule is C=CCCC(=O)OC[C@H](NC(=O)[C@@H](CC=C)CC(=O)N(CCO)Cc1ccccc1)C(=O)Nc1ccc2ccccc2c1. The molecule has 0 unspecified atom stereocenters. The van der Waals surface area contributed by atoms with Crippen molar-refractivity contribution in [1.82, 2.24) is 10.2 Å². The van der Waals surface area contributed by atoms with Gasteiger partial charge in [0.1, 0.15) is 12.6 Å². The molecule has 0 saturated heterocycles. The van der Waals surface area contributed by atoms with Gasteiger partial charge in [-0.25, -0.2) is 0 Å². The van der Waals surface area contributed by atoms with Crippen LogP contribution in [0.4, 0.5) is 5.69 Å². The standard InChI is InChI=1S/C34H39N3O6/c1-3-5-16-32(40)43-24-30(34(42)35-29-18-17-26-14-9-10-15-27(26)21-29)36-33(41)28(11-4-2)22-31(39)37(19-20-38)23-25-12-7-6-8-13-25/h3-4,6-10,12-15,17-18,21,28,30,38H,1-2,5,11,16,19-20,22-24H2,(H,35,42)(H,36,41)/t28-,30-/m0/s1. The van der Waals surface area contributed by atoms with Gasteiger partial charge in [-0.1, -0.05) is 72.8 Å². The average Bonchev–Trinajstić information content (AvgIpc) is 3.01. The maximum atomic E-state index is 13.5. The first-order chi connectivity index (χ1) is 20.8. The van der Waals surface area contributed by atoms with Crippen molar-refractivity contribution in [3.8, 4) is 0 Å². The fourth-order valence-corrected chi connectivity index (χ4v) is 4.48. The van der Waals surface area contributed by atoms with Gasteiger partial charge in [0.05, 0.1) is 12.5 Å². The Morgan fingerprint density at radius 3 is 2.33 bits per heavy atom. The van der Waals surface area contributed by atoms with Crippen molar-refractivity contribution in [3.63, 3.8) is 0 Å². The molecule has 0 spiro atoms. The third-order valence-electron chi connectivity index (χ3n) is 6.80. The predicted octanol–water partition coefficient (Wildman–Crippen LogP) is 4.38. The van der Waals surface area contributed by atoms with Crippen LogP contribution in [0.25, 0.3) is 10.8 Å². The molecule has 0 bridgehead atoms. The van der Waals surface area contributed by atoms with Crippen LogP contribution in [0.3, 0.4) is 0 Å². The molecular weight excluding hydrogens is 546 g/mol. The lowest BCUT2D eigenvalue weighted by molar-refractivity contribution is -0.146. The third kappa shape index (κ3) is 10.5. The highest BCUT2D eigenvalue weighted by molar-refractivity contribution is 5.99. The van der Waals surface area contributed by atoms with Gasteiger partial charge in [0, 0.05) is 31.6 Å². The van der Waals surface area contributed by atoms with Crippen LogP contribution in [0, 0.1) is 5.92 Å². The Balaban J connectivity index is 1.74. The van der Waals surface area contributed by atoms with E-state index >= 15 is 0 Å². The molecule has 43 heavy (non-hydrogen) atoms. The number of ether oxygens (including phenoxy) is 1. The maximum absolute atomic E-state index is 13.5. The van der Waals surface area contributed by atoms with Crippen LogP contribution in [-0.2, 0) is 30.5 Å². The van der Waals surface area contributed by atoms with Crippen LogP contribution in [-0.4, -0.2) is 59.5 Å². The summed E-state index contributed by atoms with van der Waals surface area (Å²) in [4.78, 5) is 53.7. The zero-order valence-corrected chi connectivity index (χ0v) is 24.2. The summed E-state index contributed by atoms with van der Waals surface area (Å²) in [7, 11) is 0. The van der Waals surface area contributed by atoms with Crippen LogP contribution in [0.1, 0.15) is 31.2 Å². The van der Waals surface area contributed by atoms with Crippen molar-refractivity contribution in [1.29, 1.82) is 0 Å². The van der Waals surface area contributed by atoms with Crippen LogP contribution < -0.4 is 10.6 Å². The smallest absolute Gasteiger partial charge is 0.306 e. The van der Waals surface area contributed by atoms with Gasteiger partial charge in [-0.2, -0.15) is 0 Å². The molecule has 0 heterocycles. The van der Waals surface area contributed by atoms with E-state index in [0.717, 1.165) is 16.3 Å². The molecule has 3 N–H and O–H groups in total. The Hall–Kier alpha value is -4.76. The number of carbonyl (C=O) groups is 4. The molecule has 0 aromatic heterocycles. The van der Waals surface area contributed by atoms with Crippen molar-refractivity contribution in [2.75, 3.05) is 25.1 Å². The van der Waals surface area contributed by atoms with Gasteiger partial charge in [0.15, 0.2) is 0 Å². The number of anilines is 1. The van der Waals surface area contributed by atoms with Gasteiger partial charge in [0.25, 0.3) is 5.91 Å². The zero-order chi connectivity index (χ0) is 31.0. The largest absolute Gasteiger partial charge is 0.463 e. The van der Waals surface area contributed by atoms with Gasteiger partial charge < -0.3 is 25.4 Å². The summed E-state index contributed by atoms with van der Waals surface area (Å²) >= 11 is 0. The maximum Gasteiger partial charge on any atom is 0.306 e.